The molecule has 0 aromatic heterocycles. The van der Waals surface area contributed by atoms with Gasteiger partial charge in [-0.25, -0.2) is 0 Å². The lowest BCUT2D eigenvalue weighted by atomic mass is 9.86. The molecule has 0 heterocycles. The predicted octanol–water partition coefficient (Wildman–Crippen LogP) is 5.20. The van der Waals surface area contributed by atoms with Gasteiger partial charge in [0.1, 0.15) is 11.5 Å². The van der Waals surface area contributed by atoms with Gasteiger partial charge in [-0.2, -0.15) is 0 Å². The standard InChI is InChI=1S/C24H26N2O3/c1-14-15(2)24(26-16(3)27)22(18-8-12-20(29-5)13-9-18)21(23(14)25)17-6-10-19(28-4)11-7-17/h6-13H,25H2,1-5H3,(H,26,27). The van der Waals surface area contributed by atoms with Crippen molar-refractivity contribution in [2.45, 2.75) is 20.8 Å². The van der Waals surface area contributed by atoms with Crippen LogP contribution in [0.25, 0.3) is 22.3 Å². The molecule has 0 bridgehead atoms. The van der Waals surface area contributed by atoms with Crippen molar-refractivity contribution in [3.63, 3.8) is 0 Å². The molecule has 3 N–H and O–H groups in total. The highest BCUT2D eigenvalue weighted by Gasteiger charge is 2.22. The fourth-order valence-electron chi connectivity index (χ4n) is 3.46. The molecule has 0 atom stereocenters. The van der Waals surface area contributed by atoms with Crippen molar-refractivity contribution in [1.29, 1.82) is 0 Å². The largest absolute Gasteiger partial charge is 0.497 e. The van der Waals surface area contributed by atoms with E-state index in [2.05, 4.69) is 5.32 Å². The summed E-state index contributed by atoms with van der Waals surface area (Å²) in [6, 6.07) is 15.5. The van der Waals surface area contributed by atoms with Crippen LogP contribution in [0.2, 0.25) is 0 Å². The Labute approximate surface area is 171 Å². The normalized spacial score (nSPS) is 10.5. The van der Waals surface area contributed by atoms with Gasteiger partial charge in [-0.15, -0.1) is 0 Å². The first-order valence-corrected chi connectivity index (χ1v) is 9.36. The number of hydrogen-bond acceptors (Lipinski definition) is 4. The van der Waals surface area contributed by atoms with Gasteiger partial charge in [0.2, 0.25) is 5.91 Å². The first-order valence-electron chi connectivity index (χ1n) is 9.36. The predicted molar refractivity (Wildman–Crippen MR) is 119 cm³/mol. The maximum atomic E-state index is 12.0. The molecule has 5 nitrogen and oxygen atoms in total. The Morgan fingerprint density at radius 2 is 1.24 bits per heavy atom. The molecule has 0 aliphatic carbocycles. The maximum absolute atomic E-state index is 12.0. The summed E-state index contributed by atoms with van der Waals surface area (Å²) in [5, 5.41) is 3.02. The number of carbonyl (C=O) groups excluding carboxylic acids is 1. The van der Waals surface area contributed by atoms with Crippen molar-refractivity contribution in [1.82, 2.24) is 0 Å². The Morgan fingerprint density at radius 3 is 1.66 bits per heavy atom. The first kappa shape index (κ1) is 20.3. The van der Waals surface area contributed by atoms with Crippen LogP contribution in [0.15, 0.2) is 48.5 Å². The highest BCUT2D eigenvalue weighted by molar-refractivity contribution is 6.05. The molecule has 0 fully saturated rings. The summed E-state index contributed by atoms with van der Waals surface area (Å²) in [5.74, 6) is 1.40. The van der Waals surface area contributed by atoms with Crippen molar-refractivity contribution in [3.8, 4) is 33.8 Å². The first-order chi connectivity index (χ1) is 13.9. The van der Waals surface area contributed by atoms with Crippen LogP contribution < -0.4 is 20.5 Å². The van der Waals surface area contributed by atoms with Crippen molar-refractivity contribution < 1.29 is 14.3 Å². The number of hydrogen-bond donors (Lipinski definition) is 2. The van der Waals surface area contributed by atoms with E-state index in [1.54, 1.807) is 14.2 Å². The summed E-state index contributed by atoms with van der Waals surface area (Å²) in [5.41, 5.74) is 13.6. The summed E-state index contributed by atoms with van der Waals surface area (Å²) in [7, 11) is 3.27. The number of methoxy groups -OCH3 is 2. The zero-order valence-electron chi connectivity index (χ0n) is 17.4. The van der Waals surface area contributed by atoms with Crippen molar-refractivity contribution in [2.24, 2.45) is 0 Å². The van der Waals surface area contributed by atoms with Gasteiger partial charge in [0.25, 0.3) is 0 Å². The van der Waals surface area contributed by atoms with Crippen LogP contribution in [0.5, 0.6) is 11.5 Å². The molecule has 0 aliphatic heterocycles. The molecule has 3 rings (SSSR count). The number of benzene rings is 3. The average Bonchev–Trinajstić information content (AvgIpc) is 2.74. The van der Waals surface area contributed by atoms with Gasteiger partial charge in [-0.1, -0.05) is 24.3 Å². The molecule has 5 heteroatoms. The zero-order valence-corrected chi connectivity index (χ0v) is 17.4. The minimum Gasteiger partial charge on any atom is -0.497 e. The topological polar surface area (TPSA) is 73.6 Å². The molecular formula is C24H26N2O3. The van der Waals surface area contributed by atoms with Crippen molar-refractivity contribution in [3.05, 3.63) is 59.7 Å². The number of ether oxygens (including phenoxy) is 2. The van der Waals surface area contributed by atoms with Crippen LogP contribution in [0.3, 0.4) is 0 Å². The number of anilines is 2. The Bertz CT molecular complexity index is 1040. The van der Waals surface area contributed by atoms with Gasteiger partial charge in [-0.3, -0.25) is 4.79 Å². The van der Waals surface area contributed by atoms with Crippen molar-refractivity contribution >= 4 is 17.3 Å². The fourth-order valence-corrected chi connectivity index (χ4v) is 3.46. The number of nitrogens with two attached hydrogens (primary N) is 1. The summed E-state index contributed by atoms with van der Waals surface area (Å²) in [4.78, 5) is 12.0. The second-order valence-electron chi connectivity index (χ2n) is 6.93. The minimum atomic E-state index is -0.132. The monoisotopic (exact) mass is 390 g/mol. The number of carbonyl (C=O) groups is 1. The third-order valence-corrected chi connectivity index (χ3v) is 5.17. The lowest BCUT2D eigenvalue weighted by Gasteiger charge is -2.23. The van der Waals surface area contributed by atoms with E-state index in [-0.39, 0.29) is 5.91 Å². The summed E-state index contributed by atoms with van der Waals surface area (Å²) >= 11 is 0. The smallest absolute Gasteiger partial charge is 0.221 e. The molecule has 0 radical (unpaired) electrons. The lowest BCUT2D eigenvalue weighted by Crippen LogP contribution is -2.12. The van der Waals surface area contributed by atoms with Gasteiger partial charge < -0.3 is 20.5 Å². The Kier molecular flexibility index (Phi) is 5.78. The van der Waals surface area contributed by atoms with Gasteiger partial charge in [0.15, 0.2) is 0 Å². The zero-order chi connectivity index (χ0) is 21.1. The SMILES string of the molecule is COc1ccc(-c2c(N)c(C)c(C)c(NC(C)=O)c2-c2ccc(OC)cc2)cc1. The van der Waals surface area contributed by atoms with Gasteiger partial charge >= 0.3 is 0 Å². The van der Waals surface area contributed by atoms with Gasteiger partial charge in [0.05, 0.1) is 19.9 Å². The van der Waals surface area contributed by atoms with E-state index >= 15 is 0 Å². The van der Waals surface area contributed by atoms with E-state index in [1.807, 2.05) is 62.4 Å². The van der Waals surface area contributed by atoms with Gasteiger partial charge in [0, 0.05) is 23.7 Å². The molecule has 29 heavy (non-hydrogen) atoms. The summed E-state index contributed by atoms with van der Waals surface area (Å²) in [6.07, 6.45) is 0. The molecule has 1 amide bonds. The maximum Gasteiger partial charge on any atom is 0.221 e. The highest BCUT2D eigenvalue weighted by atomic mass is 16.5. The Balaban J connectivity index is 2.37. The fraction of sp³-hybridized carbons (Fsp3) is 0.208. The molecular weight excluding hydrogens is 364 g/mol. The molecule has 3 aromatic rings. The number of rotatable bonds is 5. The molecule has 0 aliphatic rings. The second-order valence-corrected chi connectivity index (χ2v) is 6.93. The van der Waals surface area contributed by atoms with E-state index in [0.717, 1.165) is 50.6 Å². The third-order valence-electron chi connectivity index (χ3n) is 5.17. The van der Waals surface area contributed by atoms with E-state index in [9.17, 15) is 4.79 Å². The van der Waals surface area contributed by atoms with Gasteiger partial charge in [-0.05, 0) is 60.4 Å². The minimum absolute atomic E-state index is 0.132. The third kappa shape index (κ3) is 3.90. The Morgan fingerprint density at radius 1 is 0.793 bits per heavy atom. The molecule has 0 spiro atoms. The molecule has 0 unspecified atom stereocenters. The molecule has 150 valence electrons. The molecule has 0 saturated heterocycles. The second kappa shape index (κ2) is 8.27. The number of amides is 1. The van der Waals surface area contributed by atoms with Crippen molar-refractivity contribution in [2.75, 3.05) is 25.3 Å². The van der Waals surface area contributed by atoms with E-state index in [0.29, 0.717) is 5.69 Å². The van der Waals surface area contributed by atoms with Crippen LogP contribution in [0.4, 0.5) is 11.4 Å². The summed E-state index contributed by atoms with van der Waals surface area (Å²) < 4.78 is 10.6. The van der Waals surface area contributed by atoms with Crippen LogP contribution in [-0.4, -0.2) is 20.1 Å². The Hall–Kier alpha value is -3.47. The van der Waals surface area contributed by atoms with E-state index in [4.69, 9.17) is 15.2 Å². The van der Waals surface area contributed by atoms with E-state index < -0.39 is 0 Å². The van der Waals surface area contributed by atoms with Crippen LogP contribution in [-0.2, 0) is 4.79 Å². The molecule has 0 saturated carbocycles. The van der Waals surface area contributed by atoms with E-state index in [1.165, 1.54) is 6.92 Å². The number of nitrogen functional groups attached to an aromatic ring is 1. The molecule has 3 aromatic carbocycles. The highest BCUT2D eigenvalue weighted by Crippen LogP contribution is 2.46. The summed E-state index contributed by atoms with van der Waals surface area (Å²) in [6.45, 7) is 5.46. The van der Waals surface area contributed by atoms with Crippen LogP contribution in [0, 0.1) is 13.8 Å². The number of nitrogens with one attached hydrogen (secondary N) is 1. The van der Waals surface area contributed by atoms with Crippen LogP contribution in [0.1, 0.15) is 18.1 Å². The van der Waals surface area contributed by atoms with Crippen LogP contribution >= 0.6 is 0 Å². The quantitative estimate of drug-likeness (QED) is 0.588. The lowest BCUT2D eigenvalue weighted by molar-refractivity contribution is -0.114. The average molecular weight is 390 g/mol.